The summed E-state index contributed by atoms with van der Waals surface area (Å²) >= 11 is 5.93. The number of furan rings is 1. The minimum atomic E-state index is -3.97. The number of ether oxygens (including phenoxy) is 2. The van der Waals surface area contributed by atoms with Crippen molar-refractivity contribution in [1.29, 1.82) is 0 Å². The molecule has 2 atom stereocenters. The van der Waals surface area contributed by atoms with Gasteiger partial charge in [0.1, 0.15) is 24.9 Å². The molecule has 1 fully saturated rings. The molecule has 5 rings (SSSR count). The molecular formula is C24H24ClF2N3O5. The van der Waals surface area contributed by atoms with Crippen LogP contribution in [0.25, 0.3) is 11.0 Å². The molecule has 2 N–H and O–H groups in total. The third-order valence-electron chi connectivity index (χ3n) is 6.18. The van der Waals surface area contributed by atoms with Gasteiger partial charge in [-0.15, -0.1) is 0 Å². The number of carbonyl (C=O) groups is 1. The molecule has 2 aromatic heterocycles. The summed E-state index contributed by atoms with van der Waals surface area (Å²) < 4.78 is 46.5. The molecule has 8 nitrogen and oxygen atoms in total. The van der Waals surface area contributed by atoms with Crippen LogP contribution in [-0.2, 0) is 10.7 Å². The molecule has 0 spiro atoms. The lowest BCUT2D eigenvalue weighted by Crippen LogP contribution is -2.50. The summed E-state index contributed by atoms with van der Waals surface area (Å²) in [4.78, 5) is 19.0. The number of rotatable bonds is 7. The lowest BCUT2D eigenvalue weighted by atomic mass is 10.0. The molecule has 1 saturated heterocycles. The Morgan fingerprint density at radius 2 is 1.97 bits per heavy atom. The Bertz CT molecular complexity index is 1230. The Labute approximate surface area is 204 Å². The molecule has 0 aliphatic carbocycles. The molecule has 2 aliphatic heterocycles. The Morgan fingerprint density at radius 3 is 2.77 bits per heavy atom. The Balaban J connectivity index is 1.39. The van der Waals surface area contributed by atoms with E-state index in [4.69, 9.17) is 25.5 Å². The van der Waals surface area contributed by atoms with E-state index in [0.29, 0.717) is 40.8 Å². The molecule has 2 aliphatic rings. The summed E-state index contributed by atoms with van der Waals surface area (Å²) in [5, 5.41) is 14.2. The van der Waals surface area contributed by atoms with Crippen molar-refractivity contribution in [2.24, 2.45) is 0 Å². The lowest BCUT2D eigenvalue weighted by molar-refractivity contribution is -0.151. The van der Waals surface area contributed by atoms with Crippen LogP contribution in [0, 0.1) is 0 Å². The van der Waals surface area contributed by atoms with Crippen LogP contribution in [0.2, 0.25) is 5.02 Å². The maximum atomic E-state index is 15.2. The number of nitrogens with one attached hydrogen (secondary N) is 1. The minimum Gasteiger partial charge on any atom is -0.484 e. The molecule has 11 heteroatoms. The first-order chi connectivity index (χ1) is 16.8. The zero-order valence-electron chi connectivity index (χ0n) is 18.7. The SMILES string of the molecule is O=C(N[C@H](CN1CCCC1)[C@H](O)c1cnc2c(c1)OCCO2)C(F)(F)c1cc2cc(Cl)ccc2o1. The molecule has 1 aromatic carbocycles. The molecule has 35 heavy (non-hydrogen) atoms. The topological polar surface area (TPSA) is 97.1 Å². The number of benzene rings is 1. The summed E-state index contributed by atoms with van der Waals surface area (Å²) in [6.45, 7) is 2.38. The smallest absolute Gasteiger partial charge is 0.380 e. The second-order valence-electron chi connectivity index (χ2n) is 8.67. The van der Waals surface area contributed by atoms with E-state index in [1.807, 2.05) is 4.90 Å². The van der Waals surface area contributed by atoms with Crippen molar-refractivity contribution in [3.8, 4) is 11.6 Å². The first kappa shape index (κ1) is 23.8. The van der Waals surface area contributed by atoms with Crippen molar-refractivity contribution in [1.82, 2.24) is 15.2 Å². The van der Waals surface area contributed by atoms with E-state index >= 15 is 8.78 Å². The molecule has 0 radical (unpaired) electrons. The maximum absolute atomic E-state index is 15.2. The number of likely N-dealkylation sites (tertiary alicyclic amines) is 1. The average molecular weight is 508 g/mol. The maximum Gasteiger partial charge on any atom is 0.380 e. The number of alkyl halides is 2. The van der Waals surface area contributed by atoms with E-state index in [0.717, 1.165) is 32.0 Å². The molecule has 1 amide bonds. The number of pyridine rings is 1. The summed E-state index contributed by atoms with van der Waals surface area (Å²) in [5.41, 5.74) is 0.508. The molecule has 4 heterocycles. The number of halogens is 3. The van der Waals surface area contributed by atoms with Crippen molar-refractivity contribution in [3.63, 3.8) is 0 Å². The fourth-order valence-electron chi connectivity index (χ4n) is 4.35. The first-order valence-corrected chi connectivity index (χ1v) is 11.7. The number of hydrogen-bond donors (Lipinski definition) is 2. The molecule has 0 bridgehead atoms. The van der Waals surface area contributed by atoms with Gasteiger partial charge in [-0.05, 0) is 56.3 Å². The monoisotopic (exact) mass is 507 g/mol. The van der Waals surface area contributed by atoms with E-state index < -0.39 is 29.7 Å². The van der Waals surface area contributed by atoms with Crippen LogP contribution in [0.1, 0.15) is 30.3 Å². The number of fused-ring (bicyclic) bond motifs is 2. The van der Waals surface area contributed by atoms with E-state index in [2.05, 4.69) is 10.3 Å². The highest BCUT2D eigenvalue weighted by atomic mass is 35.5. The zero-order valence-corrected chi connectivity index (χ0v) is 19.4. The summed E-state index contributed by atoms with van der Waals surface area (Å²) in [7, 11) is 0. The van der Waals surface area contributed by atoms with Crippen LogP contribution < -0.4 is 14.8 Å². The predicted molar refractivity (Wildman–Crippen MR) is 123 cm³/mol. The molecule has 3 aromatic rings. The second-order valence-corrected chi connectivity index (χ2v) is 9.10. The Kier molecular flexibility index (Phi) is 6.52. The molecule has 0 saturated carbocycles. The molecule has 186 valence electrons. The number of aliphatic hydroxyl groups excluding tert-OH is 1. The van der Waals surface area contributed by atoms with Gasteiger partial charge in [0.05, 0.1) is 6.04 Å². The molecule has 0 unspecified atom stereocenters. The van der Waals surface area contributed by atoms with Gasteiger partial charge in [0.25, 0.3) is 11.8 Å². The van der Waals surface area contributed by atoms with Gasteiger partial charge < -0.3 is 29.2 Å². The first-order valence-electron chi connectivity index (χ1n) is 11.4. The van der Waals surface area contributed by atoms with E-state index in [9.17, 15) is 9.90 Å². The van der Waals surface area contributed by atoms with E-state index in [1.165, 1.54) is 24.4 Å². The van der Waals surface area contributed by atoms with Crippen molar-refractivity contribution < 1.29 is 32.6 Å². The zero-order chi connectivity index (χ0) is 24.6. The Hall–Kier alpha value is -2.95. The Morgan fingerprint density at radius 1 is 1.20 bits per heavy atom. The fourth-order valence-corrected chi connectivity index (χ4v) is 4.53. The van der Waals surface area contributed by atoms with Gasteiger partial charge in [0, 0.05) is 28.7 Å². The van der Waals surface area contributed by atoms with Crippen LogP contribution in [0.15, 0.2) is 40.9 Å². The number of hydrogen-bond acceptors (Lipinski definition) is 7. The lowest BCUT2D eigenvalue weighted by Gasteiger charge is -2.30. The average Bonchev–Trinajstić information content (AvgIpc) is 3.52. The quantitative estimate of drug-likeness (QED) is 0.504. The molecular weight excluding hydrogens is 484 g/mol. The number of amides is 1. The summed E-state index contributed by atoms with van der Waals surface area (Å²) in [6, 6.07) is 6.07. The normalized spacial score (nSPS) is 17.9. The van der Waals surface area contributed by atoms with Gasteiger partial charge in [-0.3, -0.25) is 4.79 Å². The van der Waals surface area contributed by atoms with Gasteiger partial charge in [-0.1, -0.05) is 11.6 Å². The minimum absolute atomic E-state index is 0.188. The highest BCUT2D eigenvalue weighted by Crippen LogP contribution is 2.35. The van der Waals surface area contributed by atoms with Crippen LogP contribution >= 0.6 is 11.6 Å². The van der Waals surface area contributed by atoms with Gasteiger partial charge in [-0.25, -0.2) is 4.98 Å². The standard InChI is InChI=1S/C24H24ClF2N3O5/c25-16-3-4-18-14(9-16)11-20(35-18)24(26,27)23(32)29-17(13-30-5-1-2-6-30)21(31)15-10-19-22(28-12-15)34-8-7-33-19/h3-4,9-12,17,21,31H,1-2,5-8,13H2,(H,29,32)/t17-,21-/m1/s1. The van der Waals surface area contributed by atoms with Crippen LogP contribution in [-0.4, -0.2) is 59.8 Å². The highest BCUT2D eigenvalue weighted by molar-refractivity contribution is 6.31. The van der Waals surface area contributed by atoms with Crippen molar-refractivity contribution >= 4 is 28.5 Å². The predicted octanol–water partition coefficient (Wildman–Crippen LogP) is 3.66. The third kappa shape index (κ3) is 4.91. The van der Waals surface area contributed by atoms with E-state index in [-0.39, 0.29) is 12.1 Å². The second kappa shape index (κ2) is 9.60. The fraction of sp³-hybridized carbons (Fsp3) is 0.417. The van der Waals surface area contributed by atoms with Crippen LogP contribution in [0.5, 0.6) is 11.6 Å². The summed E-state index contributed by atoms with van der Waals surface area (Å²) in [6.07, 6.45) is 2.00. The summed E-state index contributed by atoms with van der Waals surface area (Å²) in [5.74, 6) is -5.70. The largest absolute Gasteiger partial charge is 0.484 e. The van der Waals surface area contributed by atoms with Crippen molar-refractivity contribution in [2.45, 2.75) is 30.9 Å². The van der Waals surface area contributed by atoms with Crippen molar-refractivity contribution in [3.05, 3.63) is 52.9 Å². The third-order valence-corrected chi connectivity index (χ3v) is 6.42. The highest BCUT2D eigenvalue weighted by Gasteiger charge is 2.46. The van der Waals surface area contributed by atoms with Gasteiger partial charge in [0.15, 0.2) is 11.5 Å². The van der Waals surface area contributed by atoms with Crippen LogP contribution in [0.3, 0.4) is 0 Å². The number of carbonyl (C=O) groups excluding carboxylic acids is 1. The van der Waals surface area contributed by atoms with Gasteiger partial charge >= 0.3 is 5.92 Å². The van der Waals surface area contributed by atoms with Gasteiger partial charge in [-0.2, -0.15) is 8.78 Å². The van der Waals surface area contributed by atoms with Gasteiger partial charge in [0.2, 0.25) is 0 Å². The number of aliphatic hydroxyl groups is 1. The van der Waals surface area contributed by atoms with Crippen LogP contribution in [0.4, 0.5) is 8.78 Å². The van der Waals surface area contributed by atoms with E-state index in [1.54, 1.807) is 6.07 Å². The number of aromatic nitrogens is 1. The number of nitrogens with zero attached hydrogens (tertiary/aromatic N) is 2. The van der Waals surface area contributed by atoms with Crippen molar-refractivity contribution in [2.75, 3.05) is 32.8 Å².